The van der Waals surface area contributed by atoms with Crippen LogP contribution in [0.1, 0.15) is 27.5 Å². The molecule has 0 aromatic heterocycles. The molecule has 0 aliphatic rings. The molecule has 2 aromatic carbocycles. The number of amides is 1. The molecule has 0 bridgehead atoms. The summed E-state index contributed by atoms with van der Waals surface area (Å²) >= 11 is 3.32. The smallest absolute Gasteiger partial charge is 0.330 e. The van der Waals surface area contributed by atoms with E-state index < -0.39 is 17.9 Å². The first-order chi connectivity index (χ1) is 9.99. The molecule has 0 radical (unpaired) electrons. The van der Waals surface area contributed by atoms with E-state index in [1.54, 1.807) is 42.5 Å². The molecule has 1 atom stereocenters. The first kappa shape index (κ1) is 15.3. The van der Waals surface area contributed by atoms with Gasteiger partial charge in [0.1, 0.15) is 0 Å². The van der Waals surface area contributed by atoms with E-state index in [2.05, 4.69) is 21.2 Å². The molecule has 0 saturated carbocycles. The molecule has 5 heteroatoms. The highest BCUT2D eigenvalue weighted by Gasteiger charge is 2.23. The number of carboxylic acid groups (broad SMARTS) is 1. The maximum Gasteiger partial charge on any atom is 0.330 e. The molecule has 108 valence electrons. The van der Waals surface area contributed by atoms with Gasteiger partial charge in [-0.3, -0.25) is 4.79 Å². The lowest BCUT2D eigenvalue weighted by molar-refractivity contribution is -0.139. The SMILES string of the molecule is Cc1ccc(C(=O)NC(C(=O)O)c2ccccc2)c(Br)c1. The zero-order valence-electron chi connectivity index (χ0n) is 11.3. The Morgan fingerprint density at radius 1 is 1.14 bits per heavy atom. The Kier molecular flexibility index (Phi) is 4.75. The second-order valence-corrected chi connectivity index (χ2v) is 5.49. The van der Waals surface area contributed by atoms with Crippen LogP contribution in [-0.4, -0.2) is 17.0 Å². The molecule has 21 heavy (non-hydrogen) atoms. The number of carbonyl (C=O) groups excluding carboxylic acids is 1. The average molecular weight is 348 g/mol. The minimum absolute atomic E-state index is 0.405. The number of rotatable bonds is 4. The summed E-state index contributed by atoms with van der Waals surface area (Å²) in [4.78, 5) is 23.6. The van der Waals surface area contributed by atoms with Crippen molar-refractivity contribution in [3.8, 4) is 0 Å². The first-order valence-electron chi connectivity index (χ1n) is 6.34. The fourth-order valence-corrected chi connectivity index (χ4v) is 2.62. The Bertz CT molecular complexity index is 670. The van der Waals surface area contributed by atoms with E-state index in [1.807, 2.05) is 13.0 Å². The molecule has 2 aromatic rings. The van der Waals surface area contributed by atoms with Gasteiger partial charge in [-0.2, -0.15) is 0 Å². The van der Waals surface area contributed by atoms with Gasteiger partial charge in [-0.05, 0) is 46.1 Å². The number of aliphatic carboxylic acids is 1. The van der Waals surface area contributed by atoms with Gasteiger partial charge in [0.2, 0.25) is 0 Å². The third-order valence-corrected chi connectivity index (χ3v) is 3.68. The van der Waals surface area contributed by atoms with Crippen molar-refractivity contribution < 1.29 is 14.7 Å². The Morgan fingerprint density at radius 2 is 1.81 bits per heavy atom. The molecule has 2 rings (SSSR count). The molecule has 1 unspecified atom stereocenters. The zero-order chi connectivity index (χ0) is 15.4. The fourth-order valence-electron chi connectivity index (χ4n) is 1.95. The predicted octanol–water partition coefficient (Wildman–Crippen LogP) is 3.31. The minimum Gasteiger partial charge on any atom is -0.479 e. The zero-order valence-corrected chi connectivity index (χ0v) is 12.9. The van der Waals surface area contributed by atoms with Crippen molar-refractivity contribution in [2.45, 2.75) is 13.0 Å². The van der Waals surface area contributed by atoms with E-state index in [9.17, 15) is 14.7 Å². The standard InChI is InChI=1S/C16H14BrNO3/c1-10-7-8-12(13(17)9-10)15(19)18-14(16(20)21)11-5-3-2-4-6-11/h2-9,14H,1H3,(H,18,19)(H,20,21). The number of carbonyl (C=O) groups is 2. The van der Waals surface area contributed by atoms with Gasteiger partial charge in [-0.15, -0.1) is 0 Å². The molecule has 0 heterocycles. The van der Waals surface area contributed by atoms with E-state index >= 15 is 0 Å². The van der Waals surface area contributed by atoms with Crippen molar-refractivity contribution in [1.29, 1.82) is 0 Å². The molecular formula is C16H14BrNO3. The maximum atomic E-state index is 12.3. The topological polar surface area (TPSA) is 66.4 Å². The molecule has 0 spiro atoms. The molecule has 1 amide bonds. The first-order valence-corrected chi connectivity index (χ1v) is 7.13. The third-order valence-electron chi connectivity index (χ3n) is 3.02. The van der Waals surface area contributed by atoms with Crippen LogP contribution >= 0.6 is 15.9 Å². The summed E-state index contributed by atoms with van der Waals surface area (Å²) in [5.74, 6) is -1.53. The van der Waals surface area contributed by atoms with Crippen molar-refractivity contribution in [1.82, 2.24) is 5.32 Å². The van der Waals surface area contributed by atoms with Gasteiger partial charge in [0, 0.05) is 4.47 Å². The van der Waals surface area contributed by atoms with Gasteiger partial charge < -0.3 is 10.4 Å². The average Bonchev–Trinajstić information content (AvgIpc) is 2.45. The fraction of sp³-hybridized carbons (Fsp3) is 0.125. The molecule has 4 nitrogen and oxygen atoms in total. The van der Waals surface area contributed by atoms with Crippen LogP contribution < -0.4 is 5.32 Å². The molecule has 0 saturated heterocycles. The van der Waals surface area contributed by atoms with E-state index in [0.717, 1.165) is 5.56 Å². The largest absolute Gasteiger partial charge is 0.479 e. The van der Waals surface area contributed by atoms with Gasteiger partial charge in [0.05, 0.1) is 5.56 Å². The van der Waals surface area contributed by atoms with Crippen LogP contribution in [0.15, 0.2) is 53.0 Å². The van der Waals surface area contributed by atoms with Gasteiger partial charge in [-0.25, -0.2) is 4.79 Å². The Morgan fingerprint density at radius 3 is 2.38 bits per heavy atom. The van der Waals surface area contributed by atoms with Crippen molar-refractivity contribution in [2.24, 2.45) is 0 Å². The Labute approximate surface area is 130 Å². The highest BCUT2D eigenvalue weighted by atomic mass is 79.9. The van der Waals surface area contributed by atoms with Gasteiger partial charge in [0.15, 0.2) is 6.04 Å². The highest BCUT2D eigenvalue weighted by Crippen LogP contribution is 2.20. The lowest BCUT2D eigenvalue weighted by Crippen LogP contribution is -2.33. The lowest BCUT2D eigenvalue weighted by atomic mass is 10.1. The summed E-state index contributed by atoms with van der Waals surface area (Å²) in [6.07, 6.45) is 0. The molecule has 2 N–H and O–H groups in total. The summed E-state index contributed by atoms with van der Waals surface area (Å²) in [5, 5.41) is 11.9. The molecular weight excluding hydrogens is 334 g/mol. The Hall–Kier alpha value is -2.14. The highest BCUT2D eigenvalue weighted by molar-refractivity contribution is 9.10. The molecule has 0 aliphatic carbocycles. The van der Waals surface area contributed by atoms with Crippen LogP contribution in [0.25, 0.3) is 0 Å². The molecule has 0 aliphatic heterocycles. The van der Waals surface area contributed by atoms with Crippen molar-refractivity contribution >= 4 is 27.8 Å². The lowest BCUT2D eigenvalue weighted by Gasteiger charge is -2.15. The quantitative estimate of drug-likeness (QED) is 0.891. The van der Waals surface area contributed by atoms with Crippen LogP contribution in [0, 0.1) is 6.92 Å². The number of aryl methyl sites for hydroxylation is 1. The van der Waals surface area contributed by atoms with Gasteiger partial charge >= 0.3 is 5.97 Å². The number of hydrogen-bond donors (Lipinski definition) is 2. The predicted molar refractivity (Wildman–Crippen MR) is 83.2 cm³/mol. The van der Waals surface area contributed by atoms with Crippen molar-refractivity contribution in [3.63, 3.8) is 0 Å². The van der Waals surface area contributed by atoms with E-state index in [-0.39, 0.29) is 0 Å². The monoisotopic (exact) mass is 347 g/mol. The van der Waals surface area contributed by atoms with Gasteiger partial charge in [0.25, 0.3) is 5.91 Å². The summed E-state index contributed by atoms with van der Waals surface area (Å²) in [5.41, 5.74) is 1.95. The van der Waals surface area contributed by atoms with Gasteiger partial charge in [-0.1, -0.05) is 36.4 Å². The van der Waals surface area contributed by atoms with Crippen LogP contribution in [0.5, 0.6) is 0 Å². The summed E-state index contributed by atoms with van der Waals surface area (Å²) < 4.78 is 0.636. The van der Waals surface area contributed by atoms with Crippen LogP contribution in [-0.2, 0) is 4.79 Å². The Balaban J connectivity index is 2.25. The van der Waals surface area contributed by atoms with E-state index in [1.165, 1.54) is 0 Å². The minimum atomic E-state index is -1.10. The van der Waals surface area contributed by atoms with Crippen molar-refractivity contribution in [2.75, 3.05) is 0 Å². The number of halogens is 1. The van der Waals surface area contributed by atoms with Crippen molar-refractivity contribution in [3.05, 3.63) is 69.7 Å². The maximum absolute atomic E-state index is 12.3. The van der Waals surface area contributed by atoms with Crippen LogP contribution in [0.4, 0.5) is 0 Å². The molecule has 0 fully saturated rings. The normalized spacial score (nSPS) is 11.7. The number of hydrogen-bond acceptors (Lipinski definition) is 2. The summed E-state index contributed by atoms with van der Waals surface area (Å²) in [6, 6.07) is 12.8. The number of carboxylic acids is 1. The summed E-state index contributed by atoms with van der Waals surface area (Å²) in [6.45, 7) is 1.91. The second-order valence-electron chi connectivity index (χ2n) is 4.64. The number of benzene rings is 2. The summed E-state index contributed by atoms with van der Waals surface area (Å²) in [7, 11) is 0. The van der Waals surface area contributed by atoms with E-state index in [0.29, 0.717) is 15.6 Å². The second kappa shape index (κ2) is 6.54. The number of nitrogens with one attached hydrogen (secondary N) is 1. The third kappa shape index (κ3) is 3.70. The van der Waals surface area contributed by atoms with Crippen LogP contribution in [0.2, 0.25) is 0 Å². The van der Waals surface area contributed by atoms with E-state index in [4.69, 9.17) is 0 Å². The van der Waals surface area contributed by atoms with Crippen LogP contribution in [0.3, 0.4) is 0 Å².